The van der Waals surface area contributed by atoms with Crippen LogP contribution >= 0.6 is 11.3 Å². The summed E-state index contributed by atoms with van der Waals surface area (Å²) in [5.41, 5.74) is 2.77. The van der Waals surface area contributed by atoms with Gasteiger partial charge in [-0.2, -0.15) is 0 Å². The van der Waals surface area contributed by atoms with Gasteiger partial charge in [0, 0.05) is 11.4 Å². The smallest absolute Gasteiger partial charge is 0.339 e. The van der Waals surface area contributed by atoms with E-state index in [0.29, 0.717) is 11.4 Å². The zero-order valence-corrected chi connectivity index (χ0v) is 15.9. The summed E-state index contributed by atoms with van der Waals surface area (Å²) in [5, 5.41) is 1.87. The fourth-order valence-electron chi connectivity index (χ4n) is 2.31. The molecule has 3 rings (SSSR count). The summed E-state index contributed by atoms with van der Waals surface area (Å²) in [6.07, 6.45) is 0. The number of hydrogen-bond acceptors (Lipinski definition) is 7. The van der Waals surface area contributed by atoms with Crippen LogP contribution in [0.2, 0.25) is 0 Å². The second kappa shape index (κ2) is 8.19. The number of thiazole rings is 1. The molecule has 1 heterocycles. The number of benzene rings is 2. The Balaban J connectivity index is 1.80. The highest BCUT2D eigenvalue weighted by molar-refractivity contribution is 7.92. The molecule has 9 heteroatoms. The molecule has 7 nitrogen and oxygen atoms in total. The third-order valence-electron chi connectivity index (χ3n) is 3.54. The van der Waals surface area contributed by atoms with Gasteiger partial charge in [-0.3, -0.25) is 4.72 Å². The fraction of sp³-hybridized carbons (Fsp3) is 0.111. The summed E-state index contributed by atoms with van der Waals surface area (Å²) in [6.45, 7) is 0.283. The monoisotopic (exact) mass is 404 g/mol. The highest BCUT2D eigenvalue weighted by Crippen LogP contribution is 2.23. The van der Waals surface area contributed by atoms with Gasteiger partial charge in [-0.05, 0) is 24.3 Å². The molecule has 2 aromatic carbocycles. The van der Waals surface area contributed by atoms with Gasteiger partial charge in [0.25, 0.3) is 10.0 Å². The number of methoxy groups -OCH3 is 1. The van der Waals surface area contributed by atoms with Gasteiger partial charge in [-0.25, -0.2) is 18.2 Å². The number of esters is 1. The Morgan fingerprint density at radius 2 is 2.00 bits per heavy atom. The lowest BCUT2D eigenvalue weighted by molar-refractivity contribution is 0.0596. The lowest BCUT2D eigenvalue weighted by Gasteiger charge is -2.12. The molecule has 0 aliphatic carbocycles. The minimum Gasteiger partial charge on any atom is -0.487 e. The average molecular weight is 404 g/mol. The number of hydrogen-bond donors (Lipinski definition) is 1. The zero-order chi connectivity index (χ0) is 19.3. The molecule has 0 unspecified atom stereocenters. The van der Waals surface area contributed by atoms with Gasteiger partial charge in [0.05, 0.1) is 29.6 Å². The second-order valence-corrected chi connectivity index (χ2v) is 7.76. The second-order valence-electron chi connectivity index (χ2n) is 5.39. The topological polar surface area (TPSA) is 94.6 Å². The first-order valence-electron chi connectivity index (χ1n) is 7.80. The molecule has 27 heavy (non-hydrogen) atoms. The molecule has 0 aliphatic rings. The Kier molecular flexibility index (Phi) is 5.72. The lowest BCUT2D eigenvalue weighted by atomic mass is 10.2. The Morgan fingerprint density at radius 3 is 2.74 bits per heavy atom. The lowest BCUT2D eigenvalue weighted by Crippen LogP contribution is -2.17. The molecular formula is C18H16N2O5S2. The number of carbonyl (C=O) groups excluding carboxylic acids is 1. The van der Waals surface area contributed by atoms with Crippen molar-refractivity contribution in [2.75, 3.05) is 11.8 Å². The highest BCUT2D eigenvalue weighted by atomic mass is 32.2. The predicted octanol–water partition coefficient (Wildman–Crippen LogP) is 3.31. The number of carbonyl (C=O) groups is 1. The van der Waals surface area contributed by atoms with Gasteiger partial charge in [0.1, 0.15) is 17.3 Å². The fourth-order valence-corrected chi connectivity index (χ4v) is 4.09. The minimum absolute atomic E-state index is 0.0385. The molecule has 0 saturated heterocycles. The quantitative estimate of drug-likeness (QED) is 0.607. The summed E-state index contributed by atoms with van der Waals surface area (Å²) >= 11 is 1.47. The standard InChI is InChI=1S/C18H16N2O5S2/c1-24-18(21)16-7-2-3-8-17(16)27(22,23)20-13-5-4-6-15(9-13)25-10-14-11-26-12-19-14/h2-9,11-12,20H,10H2,1H3. The van der Waals surface area contributed by atoms with Crippen LogP contribution in [0, 0.1) is 0 Å². The van der Waals surface area contributed by atoms with Gasteiger partial charge in [-0.1, -0.05) is 18.2 Å². The Hall–Kier alpha value is -2.91. The van der Waals surface area contributed by atoms with Crippen molar-refractivity contribution in [2.45, 2.75) is 11.5 Å². The van der Waals surface area contributed by atoms with E-state index in [-0.39, 0.29) is 17.1 Å². The zero-order valence-electron chi connectivity index (χ0n) is 14.3. The summed E-state index contributed by atoms with van der Waals surface area (Å²) < 4.78 is 38.2. The van der Waals surface area contributed by atoms with Crippen molar-refractivity contribution in [3.63, 3.8) is 0 Å². The Labute approximate surface area is 160 Å². The normalized spacial score (nSPS) is 11.0. The summed E-state index contributed by atoms with van der Waals surface area (Å²) in [7, 11) is -2.79. The van der Waals surface area contributed by atoms with Crippen LogP contribution in [-0.4, -0.2) is 26.5 Å². The molecule has 0 saturated carbocycles. The maximum Gasteiger partial charge on any atom is 0.339 e. The molecule has 1 N–H and O–H groups in total. The summed E-state index contributed by atoms with van der Waals surface area (Å²) in [5.74, 6) is -0.235. The van der Waals surface area contributed by atoms with E-state index in [1.807, 2.05) is 5.38 Å². The predicted molar refractivity (Wildman–Crippen MR) is 101 cm³/mol. The van der Waals surface area contributed by atoms with E-state index in [1.165, 1.54) is 36.6 Å². The van der Waals surface area contributed by atoms with Crippen molar-refractivity contribution in [3.05, 3.63) is 70.7 Å². The molecule has 0 radical (unpaired) electrons. The number of aromatic nitrogens is 1. The van der Waals surface area contributed by atoms with Crippen molar-refractivity contribution in [1.29, 1.82) is 0 Å². The first-order valence-corrected chi connectivity index (χ1v) is 10.2. The van der Waals surface area contributed by atoms with Crippen molar-refractivity contribution in [3.8, 4) is 5.75 Å². The maximum absolute atomic E-state index is 12.7. The van der Waals surface area contributed by atoms with Crippen LogP contribution in [0.15, 0.2) is 64.3 Å². The average Bonchev–Trinajstić information content (AvgIpc) is 3.19. The summed E-state index contributed by atoms with van der Waals surface area (Å²) in [4.78, 5) is 15.8. The third kappa shape index (κ3) is 4.63. The maximum atomic E-state index is 12.7. The van der Waals surface area contributed by atoms with Gasteiger partial charge < -0.3 is 9.47 Å². The van der Waals surface area contributed by atoms with Crippen LogP contribution in [0.4, 0.5) is 5.69 Å². The van der Waals surface area contributed by atoms with E-state index in [9.17, 15) is 13.2 Å². The van der Waals surface area contributed by atoms with Crippen molar-refractivity contribution < 1.29 is 22.7 Å². The number of nitrogens with zero attached hydrogens (tertiary/aromatic N) is 1. The molecule has 0 bridgehead atoms. The summed E-state index contributed by atoms with van der Waals surface area (Å²) in [6, 6.07) is 12.4. The molecule has 140 valence electrons. The van der Waals surface area contributed by atoms with Gasteiger partial charge in [-0.15, -0.1) is 11.3 Å². The highest BCUT2D eigenvalue weighted by Gasteiger charge is 2.22. The number of sulfonamides is 1. The Morgan fingerprint density at radius 1 is 1.19 bits per heavy atom. The third-order valence-corrected chi connectivity index (χ3v) is 5.61. The molecule has 0 spiro atoms. The largest absolute Gasteiger partial charge is 0.487 e. The van der Waals surface area contributed by atoms with E-state index in [0.717, 1.165) is 5.69 Å². The molecule has 3 aromatic rings. The molecule has 0 fully saturated rings. The SMILES string of the molecule is COC(=O)c1ccccc1S(=O)(=O)Nc1cccc(OCc2cscn2)c1. The van der Waals surface area contributed by atoms with Crippen molar-refractivity contribution in [2.24, 2.45) is 0 Å². The van der Waals surface area contributed by atoms with E-state index < -0.39 is 16.0 Å². The van der Waals surface area contributed by atoms with Crippen LogP contribution in [0.1, 0.15) is 16.1 Å². The molecule has 1 aromatic heterocycles. The number of nitrogens with one attached hydrogen (secondary N) is 1. The minimum atomic E-state index is -3.99. The van der Waals surface area contributed by atoms with Crippen molar-refractivity contribution >= 4 is 33.0 Å². The van der Waals surface area contributed by atoms with E-state index in [1.54, 1.807) is 35.8 Å². The van der Waals surface area contributed by atoms with Gasteiger partial charge >= 0.3 is 5.97 Å². The van der Waals surface area contributed by atoms with Crippen LogP contribution in [-0.2, 0) is 21.4 Å². The number of ether oxygens (including phenoxy) is 2. The molecule has 0 amide bonds. The molecular weight excluding hydrogens is 388 g/mol. The number of anilines is 1. The van der Waals surface area contributed by atoms with Crippen LogP contribution < -0.4 is 9.46 Å². The van der Waals surface area contributed by atoms with Gasteiger partial charge in [0.15, 0.2) is 0 Å². The van der Waals surface area contributed by atoms with Crippen LogP contribution in [0.25, 0.3) is 0 Å². The van der Waals surface area contributed by atoms with Crippen LogP contribution in [0.5, 0.6) is 5.75 Å². The first kappa shape index (κ1) is 18.9. The Bertz CT molecular complexity index is 1030. The van der Waals surface area contributed by atoms with Gasteiger partial charge in [0.2, 0.25) is 0 Å². The van der Waals surface area contributed by atoms with E-state index in [2.05, 4.69) is 14.4 Å². The van der Waals surface area contributed by atoms with E-state index in [4.69, 9.17) is 4.74 Å². The molecule has 0 atom stereocenters. The molecule has 0 aliphatic heterocycles. The number of rotatable bonds is 7. The van der Waals surface area contributed by atoms with Crippen LogP contribution in [0.3, 0.4) is 0 Å². The van der Waals surface area contributed by atoms with E-state index >= 15 is 0 Å². The van der Waals surface area contributed by atoms with Crippen molar-refractivity contribution in [1.82, 2.24) is 4.98 Å². The first-order chi connectivity index (χ1) is 13.0.